The number of benzene rings is 2. The maximum absolute atomic E-state index is 11.7. The number of phenolic OH excluding ortho intramolecular Hbond substituents is 1. The van der Waals surface area contributed by atoms with Gasteiger partial charge in [0.25, 0.3) is 0 Å². The first-order chi connectivity index (χ1) is 9.16. The standard InChI is InChI=1S/C15H12O4/c16-13-9-5-4-8-12(13)15(18)19-14(17)10-11-6-2-1-3-7-11/h1-9,16H,10H2. The van der Waals surface area contributed by atoms with E-state index in [-0.39, 0.29) is 17.7 Å². The van der Waals surface area contributed by atoms with Crippen LogP contribution in [-0.2, 0) is 16.0 Å². The Morgan fingerprint density at radius 3 is 2.26 bits per heavy atom. The van der Waals surface area contributed by atoms with Crippen molar-refractivity contribution >= 4 is 11.9 Å². The molecule has 0 atom stereocenters. The summed E-state index contributed by atoms with van der Waals surface area (Å²) in [5.41, 5.74) is 0.737. The number of aromatic hydroxyl groups is 1. The molecule has 0 amide bonds. The number of carbonyl (C=O) groups excluding carboxylic acids is 2. The molecule has 2 aromatic rings. The molecule has 2 rings (SSSR count). The van der Waals surface area contributed by atoms with Gasteiger partial charge in [0.2, 0.25) is 0 Å². The molecule has 0 spiro atoms. The number of para-hydroxylation sites is 1. The minimum absolute atomic E-state index is 0.0141. The van der Waals surface area contributed by atoms with Crippen molar-refractivity contribution in [3.63, 3.8) is 0 Å². The molecule has 0 aliphatic heterocycles. The summed E-state index contributed by atoms with van der Waals surface area (Å²) in [4.78, 5) is 23.2. The number of ether oxygens (including phenoxy) is 1. The summed E-state index contributed by atoms with van der Waals surface area (Å²) in [6.07, 6.45) is 0.0141. The van der Waals surface area contributed by atoms with Gasteiger partial charge < -0.3 is 9.84 Å². The average Bonchev–Trinajstić information content (AvgIpc) is 2.40. The average molecular weight is 256 g/mol. The van der Waals surface area contributed by atoms with Gasteiger partial charge in [-0.05, 0) is 17.7 Å². The molecule has 0 heterocycles. The molecular weight excluding hydrogens is 244 g/mol. The lowest BCUT2D eigenvalue weighted by atomic mass is 10.1. The Bertz CT molecular complexity index is 590. The van der Waals surface area contributed by atoms with Gasteiger partial charge in [-0.15, -0.1) is 0 Å². The number of phenols is 1. The van der Waals surface area contributed by atoms with Crippen molar-refractivity contribution in [1.82, 2.24) is 0 Å². The molecule has 0 aromatic heterocycles. The first kappa shape index (κ1) is 12.8. The molecule has 1 N–H and O–H groups in total. The highest BCUT2D eigenvalue weighted by Crippen LogP contribution is 2.16. The second-order valence-electron chi connectivity index (χ2n) is 3.94. The van der Waals surface area contributed by atoms with E-state index in [9.17, 15) is 14.7 Å². The smallest absolute Gasteiger partial charge is 0.349 e. The molecule has 0 unspecified atom stereocenters. The largest absolute Gasteiger partial charge is 0.507 e. The highest BCUT2D eigenvalue weighted by molar-refractivity contribution is 5.99. The zero-order chi connectivity index (χ0) is 13.7. The molecule has 0 fully saturated rings. The van der Waals surface area contributed by atoms with E-state index in [1.54, 1.807) is 36.4 Å². The highest BCUT2D eigenvalue weighted by atomic mass is 16.6. The summed E-state index contributed by atoms with van der Waals surface area (Å²) in [6.45, 7) is 0. The normalized spacial score (nSPS) is 9.89. The zero-order valence-electron chi connectivity index (χ0n) is 10.1. The third kappa shape index (κ3) is 3.42. The third-order valence-electron chi connectivity index (χ3n) is 2.52. The third-order valence-corrected chi connectivity index (χ3v) is 2.52. The van der Waals surface area contributed by atoms with Crippen LogP contribution in [0.3, 0.4) is 0 Å². The van der Waals surface area contributed by atoms with E-state index in [2.05, 4.69) is 4.74 Å². The summed E-state index contributed by atoms with van der Waals surface area (Å²) in [7, 11) is 0. The van der Waals surface area contributed by atoms with Gasteiger partial charge in [0, 0.05) is 0 Å². The van der Waals surface area contributed by atoms with Crippen LogP contribution in [0, 0.1) is 0 Å². The molecule has 4 heteroatoms. The van der Waals surface area contributed by atoms with Crippen molar-refractivity contribution in [3.05, 3.63) is 65.7 Å². The minimum Gasteiger partial charge on any atom is -0.507 e. The van der Waals surface area contributed by atoms with Crippen LogP contribution in [0.1, 0.15) is 15.9 Å². The fraction of sp³-hybridized carbons (Fsp3) is 0.0667. The van der Waals surface area contributed by atoms with Gasteiger partial charge in [-0.25, -0.2) is 4.79 Å². The van der Waals surface area contributed by atoms with Crippen molar-refractivity contribution in [2.45, 2.75) is 6.42 Å². The molecule has 96 valence electrons. The fourth-order valence-corrected chi connectivity index (χ4v) is 1.60. The summed E-state index contributed by atoms with van der Waals surface area (Å²) in [6, 6.07) is 14.9. The highest BCUT2D eigenvalue weighted by Gasteiger charge is 2.16. The molecule has 0 aliphatic rings. The summed E-state index contributed by atoms with van der Waals surface area (Å²) in [5, 5.41) is 9.47. The summed E-state index contributed by atoms with van der Waals surface area (Å²) in [5.74, 6) is -1.71. The second-order valence-corrected chi connectivity index (χ2v) is 3.94. The monoisotopic (exact) mass is 256 g/mol. The van der Waals surface area contributed by atoms with E-state index in [0.717, 1.165) is 5.56 Å². The quantitative estimate of drug-likeness (QED) is 0.676. The molecular formula is C15H12O4. The number of rotatable bonds is 3. The molecule has 2 aromatic carbocycles. The van der Waals surface area contributed by atoms with Gasteiger partial charge in [-0.2, -0.15) is 0 Å². The predicted molar refractivity (Wildman–Crippen MR) is 68.7 cm³/mol. The lowest BCUT2D eigenvalue weighted by Crippen LogP contribution is -2.14. The van der Waals surface area contributed by atoms with E-state index in [4.69, 9.17) is 0 Å². The van der Waals surface area contributed by atoms with E-state index in [0.29, 0.717) is 0 Å². The van der Waals surface area contributed by atoms with Crippen LogP contribution in [-0.4, -0.2) is 17.0 Å². The first-order valence-electron chi connectivity index (χ1n) is 5.74. The lowest BCUT2D eigenvalue weighted by molar-refractivity contribution is -0.137. The van der Waals surface area contributed by atoms with Crippen LogP contribution in [0.2, 0.25) is 0 Å². The van der Waals surface area contributed by atoms with Gasteiger partial charge in [-0.1, -0.05) is 42.5 Å². The topological polar surface area (TPSA) is 63.6 Å². The van der Waals surface area contributed by atoms with Gasteiger partial charge in [0.05, 0.1) is 6.42 Å². The molecule has 4 nitrogen and oxygen atoms in total. The van der Waals surface area contributed by atoms with Gasteiger partial charge in [0.15, 0.2) is 0 Å². The van der Waals surface area contributed by atoms with Crippen molar-refractivity contribution in [3.8, 4) is 5.75 Å². The Hall–Kier alpha value is -2.62. The Morgan fingerprint density at radius 1 is 0.947 bits per heavy atom. The van der Waals surface area contributed by atoms with Crippen molar-refractivity contribution in [1.29, 1.82) is 0 Å². The lowest BCUT2D eigenvalue weighted by Gasteiger charge is -2.04. The van der Waals surface area contributed by atoms with Gasteiger partial charge in [0.1, 0.15) is 11.3 Å². The van der Waals surface area contributed by atoms with Crippen molar-refractivity contribution in [2.75, 3.05) is 0 Å². The predicted octanol–water partition coefficient (Wildman–Crippen LogP) is 2.32. The molecule has 0 saturated heterocycles. The van der Waals surface area contributed by atoms with Crippen LogP contribution in [0.15, 0.2) is 54.6 Å². The molecule has 0 aliphatic carbocycles. The fourth-order valence-electron chi connectivity index (χ4n) is 1.60. The van der Waals surface area contributed by atoms with Gasteiger partial charge in [-0.3, -0.25) is 4.79 Å². The van der Waals surface area contributed by atoms with Crippen molar-refractivity contribution < 1.29 is 19.4 Å². The van der Waals surface area contributed by atoms with E-state index < -0.39 is 11.9 Å². The van der Waals surface area contributed by atoms with E-state index in [1.165, 1.54) is 12.1 Å². The van der Waals surface area contributed by atoms with Gasteiger partial charge >= 0.3 is 11.9 Å². The Labute approximate surface area is 110 Å². The molecule has 0 radical (unpaired) electrons. The van der Waals surface area contributed by atoms with Crippen LogP contribution in [0.5, 0.6) is 5.75 Å². The Balaban J connectivity index is 2.00. The second kappa shape index (κ2) is 5.82. The van der Waals surface area contributed by atoms with Crippen LogP contribution in [0.25, 0.3) is 0 Å². The van der Waals surface area contributed by atoms with Crippen LogP contribution < -0.4 is 0 Å². The summed E-state index contributed by atoms with van der Waals surface area (Å²) < 4.78 is 4.68. The molecule has 0 saturated carbocycles. The van der Waals surface area contributed by atoms with Crippen molar-refractivity contribution in [2.24, 2.45) is 0 Å². The maximum atomic E-state index is 11.7. The Morgan fingerprint density at radius 2 is 1.58 bits per heavy atom. The number of hydrogen-bond acceptors (Lipinski definition) is 4. The minimum atomic E-state index is -0.848. The van der Waals surface area contributed by atoms with Crippen LogP contribution >= 0.6 is 0 Å². The number of hydrogen-bond donors (Lipinski definition) is 1. The number of esters is 2. The molecule has 19 heavy (non-hydrogen) atoms. The Kier molecular flexibility index (Phi) is 3.93. The summed E-state index contributed by atoms with van der Waals surface area (Å²) >= 11 is 0. The first-order valence-corrected chi connectivity index (χ1v) is 5.74. The maximum Gasteiger partial charge on any atom is 0.349 e. The van der Waals surface area contributed by atoms with E-state index in [1.807, 2.05) is 6.07 Å². The number of carbonyl (C=O) groups is 2. The SMILES string of the molecule is O=C(Cc1ccccc1)OC(=O)c1ccccc1O. The molecule has 0 bridgehead atoms. The zero-order valence-corrected chi connectivity index (χ0v) is 10.1. The van der Waals surface area contributed by atoms with E-state index >= 15 is 0 Å². The van der Waals surface area contributed by atoms with Crippen LogP contribution in [0.4, 0.5) is 0 Å².